The Bertz CT molecular complexity index is 963. The molecule has 3 atom stereocenters. The molecule has 3 nitrogen and oxygen atoms in total. The predicted octanol–water partition coefficient (Wildman–Crippen LogP) is 2.76. The van der Waals surface area contributed by atoms with Gasteiger partial charge in [-0.15, -0.1) is 0 Å². The Balaban J connectivity index is 0.00000272. The average Bonchev–Trinajstić information content (AvgIpc) is 2.75. The van der Waals surface area contributed by atoms with Crippen LogP contribution in [0.5, 0.6) is 0 Å². The van der Waals surface area contributed by atoms with Gasteiger partial charge >= 0.3 is 5.97 Å². The largest absolute Gasteiger partial charge is 1.00 e. The van der Waals surface area contributed by atoms with Crippen molar-refractivity contribution in [3.8, 4) is 0 Å². The topological polar surface area (TPSA) is 26.3 Å². The van der Waals surface area contributed by atoms with E-state index in [2.05, 4.69) is 55.6 Å². The van der Waals surface area contributed by atoms with E-state index in [1.165, 1.54) is 60.4 Å². The summed E-state index contributed by atoms with van der Waals surface area (Å²) in [6.07, 6.45) is 12.0. The normalized spacial score (nSPS) is 26.3. The van der Waals surface area contributed by atoms with Gasteiger partial charge in [0.15, 0.2) is 0 Å². The number of hydrogen-bond acceptors (Lipinski definition) is 2. The molecule has 1 unspecified atom stereocenters. The van der Waals surface area contributed by atoms with Gasteiger partial charge in [-0.1, -0.05) is 48.6 Å². The van der Waals surface area contributed by atoms with Gasteiger partial charge < -0.3 is 33.2 Å². The smallest absolute Gasteiger partial charge is 0.331 e. The minimum absolute atomic E-state index is 0. The summed E-state index contributed by atoms with van der Waals surface area (Å²) in [6.45, 7) is 5.09. The quantitative estimate of drug-likeness (QED) is 0.195. The predicted molar refractivity (Wildman–Crippen MR) is 124 cm³/mol. The number of carbonyl (C=O) groups is 1. The van der Waals surface area contributed by atoms with Crippen molar-refractivity contribution < 1.29 is 38.0 Å². The molecule has 0 saturated carbocycles. The number of allylic oxidation sites excluding steroid dienone is 2. The van der Waals surface area contributed by atoms with Crippen molar-refractivity contribution in [1.82, 2.24) is 0 Å². The molecule has 2 aliphatic rings. The molecule has 2 fully saturated rings. The van der Waals surface area contributed by atoms with Crippen LogP contribution in [0.1, 0.15) is 44.6 Å². The lowest BCUT2D eigenvalue weighted by Crippen LogP contribution is -3.00. The molecule has 0 aromatic heterocycles. The first-order chi connectivity index (χ1) is 14.5. The third kappa shape index (κ3) is 5.98. The minimum Gasteiger partial charge on any atom is -1.00 e. The highest BCUT2D eigenvalue weighted by molar-refractivity contribution is 5.85. The highest BCUT2D eigenvalue weighted by atomic mass is 127. The molecule has 0 N–H and O–H groups in total. The van der Waals surface area contributed by atoms with E-state index >= 15 is 0 Å². The Labute approximate surface area is 203 Å². The zero-order valence-corrected chi connectivity index (χ0v) is 20.9. The maximum atomic E-state index is 12.4. The van der Waals surface area contributed by atoms with Crippen molar-refractivity contribution in [2.24, 2.45) is 5.92 Å². The van der Waals surface area contributed by atoms with Gasteiger partial charge in [-0.05, 0) is 60.6 Å². The summed E-state index contributed by atoms with van der Waals surface area (Å²) in [5.41, 5.74) is 2.04. The highest BCUT2D eigenvalue weighted by Gasteiger charge is 2.43. The van der Waals surface area contributed by atoms with Crippen LogP contribution >= 0.6 is 0 Å². The van der Waals surface area contributed by atoms with Crippen molar-refractivity contribution in [3.63, 3.8) is 0 Å². The molecular formula is C27H34INO2. The Morgan fingerprint density at radius 3 is 2.68 bits per heavy atom. The van der Waals surface area contributed by atoms with Gasteiger partial charge in [-0.3, -0.25) is 0 Å². The molecular weight excluding hydrogens is 497 g/mol. The summed E-state index contributed by atoms with van der Waals surface area (Å²) in [4.78, 5) is 12.4. The summed E-state index contributed by atoms with van der Waals surface area (Å²) in [5.74, 6) is 0.293. The molecule has 0 amide bonds. The van der Waals surface area contributed by atoms with E-state index in [0.29, 0.717) is 18.6 Å². The van der Waals surface area contributed by atoms with Crippen LogP contribution in [0, 0.1) is 5.92 Å². The molecule has 0 radical (unpaired) electrons. The van der Waals surface area contributed by atoms with Crippen molar-refractivity contribution in [3.05, 3.63) is 65.8 Å². The van der Waals surface area contributed by atoms with E-state index in [1.807, 2.05) is 13.0 Å². The minimum atomic E-state index is -0.216. The number of esters is 1. The van der Waals surface area contributed by atoms with E-state index in [9.17, 15) is 4.79 Å². The number of carbonyl (C=O) groups excluding carboxylic acids is 1. The lowest BCUT2D eigenvalue weighted by molar-refractivity contribution is -0.947. The Kier molecular flexibility index (Phi) is 8.34. The first kappa shape index (κ1) is 24.0. The van der Waals surface area contributed by atoms with Gasteiger partial charge in [0.05, 0.1) is 26.2 Å². The van der Waals surface area contributed by atoms with Gasteiger partial charge in [-0.2, -0.15) is 0 Å². The second-order valence-corrected chi connectivity index (χ2v) is 9.35. The number of halogens is 1. The zero-order valence-electron chi connectivity index (χ0n) is 18.7. The molecule has 2 aromatic rings. The maximum Gasteiger partial charge on any atom is 0.331 e. The number of ether oxygens (including phenoxy) is 1. The van der Waals surface area contributed by atoms with Crippen molar-refractivity contribution in [2.45, 2.75) is 45.1 Å². The Morgan fingerprint density at radius 1 is 1.06 bits per heavy atom. The number of hydrogen-bond donors (Lipinski definition) is 0. The van der Waals surface area contributed by atoms with E-state index < -0.39 is 0 Å². The molecule has 0 aliphatic carbocycles. The summed E-state index contributed by atoms with van der Waals surface area (Å²) in [7, 11) is 2.40. The lowest BCUT2D eigenvalue weighted by Gasteiger charge is -2.51. The Morgan fingerprint density at radius 2 is 1.84 bits per heavy atom. The molecule has 0 bridgehead atoms. The van der Waals surface area contributed by atoms with Crippen LogP contribution in [0.15, 0.2) is 60.2 Å². The van der Waals surface area contributed by atoms with E-state index in [0.717, 1.165) is 11.1 Å². The number of rotatable bonds is 5. The Hall–Kier alpha value is -1.66. The van der Waals surface area contributed by atoms with Crippen molar-refractivity contribution in [1.29, 1.82) is 0 Å². The van der Waals surface area contributed by atoms with Crippen LogP contribution in [0.25, 0.3) is 16.8 Å². The van der Waals surface area contributed by atoms with Crippen LogP contribution in [0.4, 0.5) is 0 Å². The van der Waals surface area contributed by atoms with Crippen LogP contribution in [-0.4, -0.2) is 43.2 Å². The first-order valence-corrected chi connectivity index (χ1v) is 11.4. The third-order valence-corrected chi connectivity index (χ3v) is 7.10. The zero-order chi connectivity index (χ0) is 21.0. The fourth-order valence-corrected chi connectivity index (χ4v) is 5.43. The van der Waals surface area contributed by atoms with Crippen LogP contribution < -0.4 is 24.0 Å². The van der Waals surface area contributed by atoms with Crippen molar-refractivity contribution >= 4 is 22.8 Å². The van der Waals surface area contributed by atoms with Crippen LogP contribution in [0.2, 0.25) is 0 Å². The van der Waals surface area contributed by atoms with Gasteiger partial charge in [0, 0.05) is 18.4 Å². The number of piperidine rings is 2. The molecule has 0 spiro atoms. The summed E-state index contributed by atoms with van der Waals surface area (Å²) in [5, 5.41) is 2.46. The van der Waals surface area contributed by atoms with Crippen LogP contribution in [0.3, 0.4) is 0 Å². The summed E-state index contributed by atoms with van der Waals surface area (Å²) in [6, 6.07) is 15.4. The second-order valence-electron chi connectivity index (χ2n) is 9.35. The molecule has 2 saturated heterocycles. The van der Waals surface area contributed by atoms with Gasteiger partial charge in [0.2, 0.25) is 0 Å². The molecule has 2 heterocycles. The monoisotopic (exact) mass is 531 g/mol. The molecule has 4 rings (SSSR count). The number of quaternary nitrogens is 1. The first-order valence-electron chi connectivity index (χ1n) is 11.4. The highest BCUT2D eigenvalue weighted by Crippen LogP contribution is 2.36. The summed E-state index contributed by atoms with van der Waals surface area (Å²) < 4.78 is 6.88. The second kappa shape index (κ2) is 10.8. The fraction of sp³-hybridized carbons (Fsp3) is 0.444. The fourth-order valence-electron chi connectivity index (χ4n) is 5.43. The molecule has 4 heteroatoms. The number of fused-ring (bicyclic) bond motifs is 2. The third-order valence-electron chi connectivity index (χ3n) is 7.10. The van der Waals surface area contributed by atoms with Gasteiger partial charge in [-0.25, -0.2) is 4.79 Å². The average molecular weight is 531 g/mol. The molecule has 166 valence electrons. The summed E-state index contributed by atoms with van der Waals surface area (Å²) >= 11 is 0. The van der Waals surface area contributed by atoms with E-state index in [1.54, 1.807) is 6.08 Å². The van der Waals surface area contributed by atoms with E-state index in [4.69, 9.17) is 4.74 Å². The van der Waals surface area contributed by atoms with Gasteiger partial charge in [0.1, 0.15) is 6.61 Å². The lowest BCUT2D eigenvalue weighted by atomic mass is 9.82. The SMILES string of the molecule is CC(/C=C/c1ccc2ccccc2c1)=C\C(=O)OC[C@H]1CCC[N+]2(C)CCCC[C@@H]12.[I-]. The van der Waals surface area contributed by atoms with Gasteiger partial charge in [0.25, 0.3) is 0 Å². The maximum absolute atomic E-state index is 12.4. The molecule has 2 aliphatic heterocycles. The molecule has 2 aromatic carbocycles. The number of benzene rings is 2. The van der Waals surface area contributed by atoms with Crippen LogP contribution in [-0.2, 0) is 9.53 Å². The van der Waals surface area contributed by atoms with Crippen molar-refractivity contribution in [2.75, 3.05) is 26.7 Å². The molecule has 31 heavy (non-hydrogen) atoms. The van der Waals surface area contributed by atoms with E-state index in [-0.39, 0.29) is 29.9 Å². The standard InChI is InChI=1S/C27H34NO2.HI/c1-21(12-13-22-14-15-23-8-3-4-9-24(23)19-22)18-27(29)30-20-25-10-7-17-28(2)16-6-5-11-26(25)28;/h3-4,8-9,12-15,18-19,25-26H,5-7,10-11,16-17,20H2,1-2H3;1H/q+1;/p-1/b13-12+,21-18+;/t25-,26+,28?;/m1./s1. The number of nitrogens with zero attached hydrogens (tertiary/aromatic N) is 1.